The van der Waals surface area contributed by atoms with E-state index < -0.39 is 29.7 Å². The molecule has 0 aliphatic rings. The summed E-state index contributed by atoms with van der Waals surface area (Å²) in [5.74, 6) is 0.633. The van der Waals surface area contributed by atoms with Gasteiger partial charge in [-0.15, -0.1) is 0 Å². The fourth-order valence-corrected chi connectivity index (χ4v) is 5.28. The molecule has 3 rings (SSSR count). The summed E-state index contributed by atoms with van der Waals surface area (Å²) in [4.78, 5) is 20.8. The molecule has 0 N–H and O–H groups in total. The van der Waals surface area contributed by atoms with Gasteiger partial charge in [0.2, 0.25) is 0 Å². The summed E-state index contributed by atoms with van der Waals surface area (Å²) < 4.78 is 48.5. The summed E-state index contributed by atoms with van der Waals surface area (Å²) in [6, 6.07) is 19.1. The molecule has 14 heteroatoms. The number of nitro groups is 2. The Morgan fingerprint density at radius 1 is 0.667 bits per heavy atom. The second-order valence-corrected chi connectivity index (χ2v) is 10.3. The third-order valence-electron chi connectivity index (χ3n) is 5.41. The molecule has 222 valence electrons. The third kappa shape index (κ3) is 9.73. The average Bonchev–Trinajstić information content (AvgIpc) is 3.00. The molecular formula is C28H29N2O11P. The molecule has 42 heavy (non-hydrogen) atoms. The van der Waals surface area contributed by atoms with Crippen molar-refractivity contribution < 1.29 is 42.4 Å². The molecule has 13 nitrogen and oxygen atoms in total. The highest BCUT2D eigenvalue weighted by Crippen LogP contribution is 2.49. The van der Waals surface area contributed by atoms with Gasteiger partial charge in [0.25, 0.3) is 11.4 Å². The Hall–Kier alpha value is -4.71. The molecule has 0 aliphatic heterocycles. The second-order valence-electron chi connectivity index (χ2n) is 8.41. The fourth-order valence-electron chi connectivity index (χ4n) is 3.42. The van der Waals surface area contributed by atoms with Crippen molar-refractivity contribution in [2.75, 3.05) is 26.4 Å². The van der Waals surface area contributed by atoms with Gasteiger partial charge < -0.3 is 18.9 Å². The molecule has 3 aromatic rings. The lowest BCUT2D eigenvalue weighted by molar-refractivity contribution is -0.385. The highest BCUT2D eigenvalue weighted by Gasteiger charge is 2.35. The largest absolute Gasteiger partial charge is 0.499 e. The standard InChI is InChI=1S/C28H29N2O11P/c1-3-36-18-26(20-38-24-14-10-22(11-15-24)29(31)32)40-42(35,28-8-6-5-7-9-28)41-27(19-37-4-2)21-39-25-16-12-23(13-17-25)30(33)34/h3-17,26-27H,1-2,18-21H2. The molecule has 2 atom stereocenters. The molecule has 0 bridgehead atoms. The van der Waals surface area contributed by atoms with Crippen LogP contribution < -0.4 is 14.8 Å². The van der Waals surface area contributed by atoms with Crippen molar-refractivity contribution in [2.24, 2.45) is 0 Å². The van der Waals surface area contributed by atoms with Crippen LogP contribution in [0.15, 0.2) is 105 Å². The predicted molar refractivity (Wildman–Crippen MR) is 153 cm³/mol. The van der Waals surface area contributed by atoms with Crippen molar-refractivity contribution in [1.82, 2.24) is 0 Å². The van der Waals surface area contributed by atoms with Crippen molar-refractivity contribution in [3.63, 3.8) is 0 Å². The average molecular weight is 601 g/mol. The molecule has 3 aromatic carbocycles. The van der Waals surface area contributed by atoms with Crippen LogP contribution in [0.3, 0.4) is 0 Å². The smallest absolute Gasteiger partial charge is 0.362 e. The number of hydrogen-bond donors (Lipinski definition) is 0. The first-order valence-electron chi connectivity index (χ1n) is 12.5. The van der Waals surface area contributed by atoms with E-state index in [1.807, 2.05) is 0 Å². The molecule has 0 fully saturated rings. The van der Waals surface area contributed by atoms with Crippen LogP contribution in [0.4, 0.5) is 11.4 Å². The Kier molecular flexibility index (Phi) is 12.1. The van der Waals surface area contributed by atoms with Crippen LogP contribution >= 0.6 is 7.60 Å². The van der Waals surface area contributed by atoms with E-state index in [9.17, 15) is 24.8 Å². The van der Waals surface area contributed by atoms with Crippen LogP contribution in [0.5, 0.6) is 11.5 Å². The van der Waals surface area contributed by atoms with Crippen LogP contribution in [0, 0.1) is 20.2 Å². The van der Waals surface area contributed by atoms with E-state index in [2.05, 4.69) is 13.2 Å². The molecule has 0 radical (unpaired) electrons. The lowest BCUT2D eigenvalue weighted by Crippen LogP contribution is -2.32. The maximum Gasteiger partial charge on any atom is 0.362 e. The molecule has 0 saturated heterocycles. The van der Waals surface area contributed by atoms with Crippen LogP contribution in [-0.2, 0) is 23.1 Å². The summed E-state index contributed by atoms with van der Waals surface area (Å²) in [7, 11) is -4.12. The van der Waals surface area contributed by atoms with Crippen LogP contribution in [0.2, 0.25) is 0 Å². The van der Waals surface area contributed by atoms with E-state index in [0.717, 1.165) is 0 Å². The number of rotatable bonds is 19. The van der Waals surface area contributed by atoms with E-state index >= 15 is 0 Å². The quantitative estimate of drug-likeness (QED) is 0.0733. The molecular weight excluding hydrogens is 571 g/mol. The number of benzene rings is 3. The minimum absolute atomic E-state index is 0.101. The van der Waals surface area contributed by atoms with Crippen LogP contribution in [0.1, 0.15) is 0 Å². The first kappa shape index (κ1) is 31.8. The Morgan fingerprint density at radius 2 is 1.07 bits per heavy atom. The Labute approximate surface area is 241 Å². The van der Waals surface area contributed by atoms with Crippen LogP contribution in [0.25, 0.3) is 0 Å². The summed E-state index contributed by atoms with van der Waals surface area (Å²) >= 11 is 0. The number of ether oxygens (including phenoxy) is 4. The van der Waals surface area contributed by atoms with E-state index in [1.54, 1.807) is 30.3 Å². The number of nitrogens with zero attached hydrogens (tertiary/aromatic N) is 2. The van der Waals surface area contributed by atoms with E-state index in [-0.39, 0.29) is 43.1 Å². The van der Waals surface area contributed by atoms with Crippen molar-refractivity contribution in [3.8, 4) is 11.5 Å². The van der Waals surface area contributed by atoms with Gasteiger partial charge in [-0.1, -0.05) is 31.4 Å². The maximum absolute atomic E-state index is 14.4. The van der Waals surface area contributed by atoms with Gasteiger partial charge in [0, 0.05) is 24.3 Å². The zero-order chi connectivity index (χ0) is 30.4. The Bertz CT molecular complexity index is 1290. The van der Waals surface area contributed by atoms with Crippen molar-refractivity contribution in [3.05, 3.63) is 125 Å². The molecule has 0 amide bonds. The van der Waals surface area contributed by atoms with Crippen molar-refractivity contribution in [2.45, 2.75) is 12.2 Å². The molecule has 0 saturated carbocycles. The fraction of sp³-hybridized carbons (Fsp3) is 0.214. The van der Waals surface area contributed by atoms with Crippen LogP contribution in [-0.4, -0.2) is 48.5 Å². The normalized spacial score (nSPS) is 13.5. The summed E-state index contributed by atoms with van der Waals surface area (Å²) in [6.45, 7) is 6.52. The van der Waals surface area contributed by atoms with Gasteiger partial charge in [0.05, 0.1) is 27.7 Å². The highest BCUT2D eigenvalue weighted by molar-refractivity contribution is 7.62. The maximum atomic E-state index is 14.4. The second kappa shape index (κ2) is 15.9. The minimum atomic E-state index is -4.12. The zero-order valence-corrected chi connectivity index (χ0v) is 23.3. The third-order valence-corrected chi connectivity index (χ3v) is 7.50. The van der Waals surface area contributed by atoms with Gasteiger partial charge in [0.1, 0.15) is 50.1 Å². The van der Waals surface area contributed by atoms with Gasteiger partial charge in [-0.2, -0.15) is 0 Å². The topological polar surface area (TPSA) is 159 Å². The molecule has 0 heterocycles. The number of nitro benzene ring substituents is 2. The van der Waals surface area contributed by atoms with E-state index in [1.165, 1.54) is 61.1 Å². The van der Waals surface area contributed by atoms with E-state index in [4.69, 9.17) is 28.0 Å². The molecule has 0 aromatic heterocycles. The first-order valence-corrected chi connectivity index (χ1v) is 14.0. The van der Waals surface area contributed by atoms with E-state index in [0.29, 0.717) is 11.5 Å². The van der Waals surface area contributed by atoms with Crippen molar-refractivity contribution >= 4 is 24.3 Å². The molecule has 0 spiro atoms. The van der Waals surface area contributed by atoms with Gasteiger partial charge in [0.15, 0.2) is 0 Å². The first-order chi connectivity index (χ1) is 20.2. The summed E-state index contributed by atoms with van der Waals surface area (Å²) in [5.41, 5.74) is -0.202. The molecule has 0 aliphatic carbocycles. The van der Waals surface area contributed by atoms with Gasteiger partial charge in [-0.3, -0.25) is 33.8 Å². The van der Waals surface area contributed by atoms with Gasteiger partial charge >= 0.3 is 7.60 Å². The zero-order valence-electron chi connectivity index (χ0n) is 22.4. The lowest BCUT2D eigenvalue weighted by atomic mass is 10.3. The minimum Gasteiger partial charge on any atom is -0.499 e. The summed E-state index contributed by atoms with van der Waals surface area (Å²) in [5, 5.41) is 22.1. The summed E-state index contributed by atoms with van der Waals surface area (Å²) in [6.07, 6.45) is 0.492. The number of non-ortho nitro benzene ring substituents is 2. The Morgan fingerprint density at radius 3 is 1.43 bits per heavy atom. The molecule has 2 unspecified atom stereocenters. The SMILES string of the molecule is C=COCC(COc1ccc([N+](=O)[O-])cc1)OP(=O)(OC(COC=C)COc1ccc([N+](=O)[O-])cc1)c1ccccc1. The number of hydrogen-bond acceptors (Lipinski definition) is 11. The predicted octanol–water partition coefficient (Wildman–Crippen LogP) is 5.57. The highest BCUT2D eigenvalue weighted by atomic mass is 31.2. The monoisotopic (exact) mass is 600 g/mol. The van der Waals surface area contributed by atoms with Gasteiger partial charge in [-0.25, -0.2) is 0 Å². The van der Waals surface area contributed by atoms with Gasteiger partial charge in [-0.05, 0) is 36.4 Å². The lowest BCUT2D eigenvalue weighted by Gasteiger charge is -2.28. The Balaban J connectivity index is 1.80. The van der Waals surface area contributed by atoms with Crippen molar-refractivity contribution in [1.29, 1.82) is 0 Å².